The van der Waals surface area contributed by atoms with Crippen molar-refractivity contribution in [3.63, 3.8) is 0 Å². The van der Waals surface area contributed by atoms with E-state index in [0.29, 0.717) is 12.6 Å². The number of carbonyl (C=O) groups excluding carboxylic acids is 1. The van der Waals surface area contributed by atoms with Crippen LogP contribution in [0.2, 0.25) is 0 Å². The van der Waals surface area contributed by atoms with Gasteiger partial charge >= 0.3 is 0 Å². The first-order chi connectivity index (χ1) is 8.61. The zero-order chi connectivity index (χ0) is 13.1. The summed E-state index contributed by atoms with van der Waals surface area (Å²) >= 11 is 0. The van der Waals surface area contributed by atoms with E-state index < -0.39 is 6.10 Å². The van der Waals surface area contributed by atoms with Crippen LogP contribution >= 0.6 is 0 Å². The Morgan fingerprint density at radius 3 is 2.89 bits per heavy atom. The minimum absolute atomic E-state index is 0.0521. The van der Waals surface area contributed by atoms with Crippen LogP contribution in [0.3, 0.4) is 0 Å². The molecule has 2 rings (SSSR count). The van der Waals surface area contributed by atoms with Gasteiger partial charge < -0.3 is 15.8 Å². The summed E-state index contributed by atoms with van der Waals surface area (Å²) in [6, 6.07) is 6.18. The van der Waals surface area contributed by atoms with Gasteiger partial charge in [0.25, 0.3) is 5.91 Å². The van der Waals surface area contributed by atoms with Crippen LogP contribution in [-0.2, 0) is 11.3 Å². The van der Waals surface area contributed by atoms with Crippen LogP contribution in [0.4, 0.5) is 0 Å². The van der Waals surface area contributed by atoms with E-state index in [1.165, 1.54) is 0 Å². The third-order valence-electron chi connectivity index (χ3n) is 3.10. The van der Waals surface area contributed by atoms with Crippen molar-refractivity contribution in [3.05, 3.63) is 29.3 Å². The second-order valence-corrected chi connectivity index (χ2v) is 4.81. The Morgan fingerprint density at radius 2 is 2.28 bits per heavy atom. The quantitative estimate of drug-likeness (QED) is 0.830. The van der Waals surface area contributed by atoms with E-state index in [-0.39, 0.29) is 5.91 Å². The molecule has 1 saturated carbocycles. The van der Waals surface area contributed by atoms with Crippen LogP contribution in [0.25, 0.3) is 0 Å². The van der Waals surface area contributed by atoms with Crippen molar-refractivity contribution < 1.29 is 9.53 Å². The van der Waals surface area contributed by atoms with Crippen LogP contribution in [0.15, 0.2) is 18.2 Å². The first kappa shape index (κ1) is 12.9. The van der Waals surface area contributed by atoms with Crippen LogP contribution in [-0.4, -0.2) is 18.1 Å². The van der Waals surface area contributed by atoms with Crippen LogP contribution in [0, 0.1) is 6.92 Å². The van der Waals surface area contributed by atoms with Crippen molar-refractivity contribution in [1.82, 2.24) is 5.32 Å². The van der Waals surface area contributed by atoms with Crippen molar-refractivity contribution in [2.24, 2.45) is 5.73 Å². The number of nitrogens with two attached hydrogens (primary N) is 1. The Kier molecular flexibility index (Phi) is 3.87. The summed E-state index contributed by atoms with van der Waals surface area (Å²) in [4.78, 5) is 11.8. The lowest BCUT2D eigenvalue weighted by Gasteiger charge is -2.18. The number of nitrogens with one attached hydrogen (secondary N) is 1. The molecule has 0 aromatic heterocycles. The summed E-state index contributed by atoms with van der Waals surface area (Å²) in [7, 11) is 0. The van der Waals surface area contributed by atoms with E-state index in [4.69, 9.17) is 10.5 Å². The van der Waals surface area contributed by atoms with Crippen LogP contribution in [0.1, 0.15) is 30.9 Å². The molecule has 1 aromatic rings. The highest BCUT2D eigenvalue weighted by Crippen LogP contribution is 2.24. The van der Waals surface area contributed by atoms with Gasteiger partial charge in [-0.2, -0.15) is 0 Å². The molecule has 1 aromatic carbocycles. The molecule has 0 aliphatic heterocycles. The van der Waals surface area contributed by atoms with E-state index in [1.54, 1.807) is 6.92 Å². The SMILES string of the molecule is Cc1cccc(CN)c1OC(C)C(=O)NC1CC1. The maximum Gasteiger partial charge on any atom is 0.260 e. The summed E-state index contributed by atoms with van der Waals surface area (Å²) in [5.41, 5.74) is 7.62. The number of hydrogen-bond donors (Lipinski definition) is 2. The Balaban J connectivity index is 2.05. The topological polar surface area (TPSA) is 64.3 Å². The van der Waals surface area contributed by atoms with E-state index in [2.05, 4.69) is 5.32 Å². The highest BCUT2D eigenvalue weighted by atomic mass is 16.5. The number of carbonyl (C=O) groups is 1. The number of hydrogen-bond acceptors (Lipinski definition) is 3. The second kappa shape index (κ2) is 5.40. The van der Waals surface area contributed by atoms with Crippen LogP contribution < -0.4 is 15.8 Å². The fourth-order valence-corrected chi connectivity index (χ4v) is 1.82. The predicted molar refractivity (Wildman–Crippen MR) is 70.3 cm³/mol. The molecule has 0 radical (unpaired) electrons. The smallest absolute Gasteiger partial charge is 0.260 e. The van der Waals surface area contributed by atoms with Crippen molar-refractivity contribution >= 4 is 5.91 Å². The molecule has 1 amide bonds. The molecule has 1 aliphatic carbocycles. The lowest BCUT2D eigenvalue weighted by atomic mass is 10.1. The Morgan fingerprint density at radius 1 is 1.56 bits per heavy atom. The molecule has 4 nitrogen and oxygen atoms in total. The lowest BCUT2D eigenvalue weighted by molar-refractivity contribution is -0.127. The Hall–Kier alpha value is -1.55. The van der Waals surface area contributed by atoms with Gasteiger partial charge in [0.15, 0.2) is 6.10 Å². The van der Waals surface area contributed by atoms with E-state index >= 15 is 0 Å². The van der Waals surface area contributed by atoms with E-state index in [9.17, 15) is 4.79 Å². The predicted octanol–water partition coefficient (Wildman–Crippen LogP) is 1.50. The number of amides is 1. The van der Waals surface area contributed by atoms with Crippen molar-refractivity contribution in [2.45, 2.75) is 45.4 Å². The highest BCUT2D eigenvalue weighted by molar-refractivity contribution is 5.81. The van der Waals surface area contributed by atoms with E-state index in [1.807, 2.05) is 25.1 Å². The lowest BCUT2D eigenvalue weighted by Crippen LogP contribution is -2.37. The van der Waals surface area contributed by atoms with Gasteiger partial charge in [0, 0.05) is 18.2 Å². The normalized spacial score (nSPS) is 16.2. The maximum absolute atomic E-state index is 11.8. The highest BCUT2D eigenvalue weighted by Gasteiger charge is 2.26. The van der Waals surface area contributed by atoms with Gasteiger partial charge in [0.2, 0.25) is 0 Å². The monoisotopic (exact) mass is 248 g/mol. The van der Waals surface area contributed by atoms with Crippen LogP contribution in [0.5, 0.6) is 5.75 Å². The minimum atomic E-state index is -0.489. The Bertz CT molecular complexity index is 441. The molecule has 0 bridgehead atoms. The maximum atomic E-state index is 11.8. The summed E-state index contributed by atoms with van der Waals surface area (Å²) in [5.74, 6) is 0.683. The molecule has 1 atom stereocenters. The molecule has 1 unspecified atom stereocenters. The molecule has 0 saturated heterocycles. The summed E-state index contributed by atoms with van der Waals surface area (Å²) in [6.45, 7) is 4.14. The number of ether oxygens (including phenoxy) is 1. The van der Waals surface area contributed by atoms with Crippen molar-refractivity contribution in [2.75, 3.05) is 0 Å². The molecule has 3 N–H and O–H groups in total. The third-order valence-corrected chi connectivity index (χ3v) is 3.10. The number of aryl methyl sites for hydroxylation is 1. The van der Waals surface area contributed by atoms with Gasteiger partial charge in [-0.1, -0.05) is 18.2 Å². The van der Waals surface area contributed by atoms with Gasteiger partial charge in [-0.05, 0) is 32.3 Å². The number of para-hydroxylation sites is 1. The number of benzene rings is 1. The van der Waals surface area contributed by atoms with Gasteiger partial charge in [0.1, 0.15) is 5.75 Å². The zero-order valence-corrected chi connectivity index (χ0v) is 10.9. The molecule has 98 valence electrons. The summed E-state index contributed by atoms with van der Waals surface area (Å²) in [5, 5.41) is 2.94. The molecule has 4 heteroatoms. The fraction of sp³-hybridized carbons (Fsp3) is 0.500. The molecule has 18 heavy (non-hydrogen) atoms. The zero-order valence-electron chi connectivity index (χ0n) is 10.9. The molecule has 0 spiro atoms. The summed E-state index contributed by atoms with van der Waals surface area (Å²) in [6.07, 6.45) is 1.67. The average molecular weight is 248 g/mol. The molecule has 1 fully saturated rings. The van der Waals surface area contributed by atoms with E-state index in [0.717, 1.165) is 29.7 Å². The molecule has 1 aliphatic rings. The second-order valence-electron chi connectivity index (χ2n) is 4.81. The summed E-state index contributed by atoms with van der Waals surface area (Å²) < 4.78 is 5.77. The first-order valence-corrected chi connectivity index (χ1v) is 6.37. The molecular formula is C14H20N2O2. The average Bonchev–Trinajstić information content (AvgIpc) is 3.15. The van der Waals surface area contributed by atoms with Crippen molar-refractivity contribution in [3.8, 4) is 5.75 Å². The molecule has 0 heterocycles. The van der Waals surface area contributed by atoms with Gasteiger partial charge in [-0.25, -0.2) is 0 Å². The van der Waals surface area contributed by atoms with Gasteiger partial charge in [-0.15, -0.1) is 0 Å². The standard InChI is InChI=1S/C14H20N2O2/c1-9-4-3-5-11(8-15)13(9)18-10(2)14(17)16-12-6-7-12/h3-5,10,12H,6-8,15H2,1-2H3,(H,16,17). The number of rotatable bonds is 5. The van der Waals surface area contributed by atoms with Gasteiger partial charge in [-0.3, -0.25) is 4.79 Å². The minimum Gasteiger partial charge on any atom is -0.480 e. The third kappa shape index (κ3) is 3.01. The largest absolute Gasteiger partial charge is 0.480 e. The molecular weight excluding hydrogens is 228 g/mol. The fourth-order valence-electron chi connectivity index (χ4n) is 1.82. The van der Waals surface area contributed by atoms with Crippen molar-refractivity contribution in [1.29, 1.82) is 0 Å². The first-order valence-electron chi connectivity index (χ1n) is 6.37. The Labute approximate surface area is 108 Å². The van der Waals surface area contributed by atoms with Gasteiger partial charge in [0.05, 0.1) is 0 Å².